The number of rotatable bonds is 2. The lowest BCUT2D eigenvalue weighted by Crippen LogP contribution is -2.25. The van der Waals surface area contributed by atoms with Crippen molar-refractivity contribution in [3.63, 3.8) is 0 Å². The van der Waals surface area contributed by atoms with Crippen molar-refractivity contribution in [1.82, 2.24) is 9.78 Å². The molecular weight excluding hydrogens is 152 g/mol. The van der Waals surface area contributed by atoms with Gasteiger partial charge in [0.2, 0.25) is 0 Å². The average molecular weight is 166 g/mol. The van der Waals surface area contributed by atoms with E-state index in [0.29, 0.717) is 0 Å². The third-order valence-electron chi connectivity index (χ3n) is 2.92. The number of hydrogen-bond donors (Lipinski definition) is 1. The molecule has 0 spiro atoms. The fraction of sp³-hybridized carbons (Fsp3) is 0.667. The number of hydrogen-bond acceptors (Lipinski definition) is 2. The van der Waals surface area contributed by atoms with Crippen molar-refractivity contribution < 1.29 is 5.11 Å². The Morgan fingerprint density at radius 2 is 2.33 bits per heavy atom. The van der Waals surface area contributed by atoms with Crippen LogP contribution in [-0.2, 0) is 12.5 Å². The second-order valence-corrected chi connectivity index (χ2v) is 3.67. The first kappa shape index (κ1) is 7.80. The second-order valence-electron chi connectivity index (χ2n) is 3.67. The molecule has 3 nitrogen and oxygen atoms in total. The Hall–Kier alpha value is -0.830. The topological polar surface area (TPSA) is 38.1 Å². The van der Waals surface area contributed by atoms with Gasteiger partial charge in [0.15, 0.2) is 0 Å². The van der Waals surface area contributed by atoms with E-state index in [0.717, 1.165) is 18.5 Å². The molecule has 1 N–H and O–H groups in total. The Morgan fingerprint density at radius 1 is 1.67 bits per heavy atom. The lowest BCUT2D eigenvalue weighted by molar-refractivity contribution is 0.146. The van der Waals surface area contributed by atoms with Crippen LogP contribution < -0.4 is 0 Å². The van der Waals surface area contributed by atoms with Crippen LogP contribution >= 0.6 is 0 Å². The summed E-state index contributed by atoms with van der Waals surface area (Å²) in [7, 11) is 1.93. The molecule has 12 heavy (non-hydrogen) atoms. The Kier molecular flexibility index (Phi) is 1.51. The van der Waals surface area contributed by atoms with Gasteiger partial charge >= 0.3 is 0 Å². The molecule has 1 aromatic rings. The normalized spacial score (nSPS) is 22.2. The quantitative estimate of drug-likeness (QED) is 0.706. The van der Waals surface area contributed by atoms with Gasteiger partial charge in [0.1, 0.15) is 0 Å². The standard InChI is InChI=1S/C9H14N2O/c1-7(12)9(4-5-9)8-3-6-10-11(8)2/h3,6-7,12H,4-5H2,1-2H3. The number of nitrogens with zero attached hydrogens (tertiary/aromatic N) is 2. The molecule has 1 atom stereocenters. The highest BCUT2D eigenvalue weighted by molar-refractivity contribution is 5.26. The van der Waals surface area contributed by atoms with Crippen LogP contribution in [0, 0.1) is 0 Å². The summed E-state index contributed by atoms with van der Waals surface area (Å²) in [6.07, 6.45) is 3.71. The Balaban J connectivity index is 2.36. The van der Waals surface area contributed by atoms with E-state index in [1.165, 1.54) is 0 Å². The van der Waals surface area contributed by atoms with Gasteiger partial charge in [0, 0.05) is 24.4 Å². The smallest absolute Gasteiger partial charge is 0.0623 e. The van der Waals surface area contributed by atoms with Crippen LogP contribution in [0.1, 0.15) is 25.5 Å². The average Bonchev–Trinajstić information content (AvgIpc) is 2.71. The van der Waals surface area contributed by atoms with E-state index >= 15 is 0 Å². The second kappa shape index (κ2) is 2.33. The molecule has 0 aliphatic heterocycles. The van der Waals surface area contributed by atoms with Gasteiger partial charge in [-0.3, -0.25) is 4.68 Å². The van der Waals surface area contributed by atoms with Crippen LogP contribution in [0.25, 0.3) is 0 Å². The van der Waals surface area contributed by atoms with E-state index in [1.807, 2.05) is 24.7 Å². The van der Waals surface area contributed by atoms with Gasteiger partial charge in [-0.1, -0.05) is 0 Å². The minimum atomic E-state index is -0.257. The molecule has 0 aromatic carbocycles. The van der Waals surface area contributed by atoms with Crippen molar-refractivity contribution in [3.8, 4) is 0 Å². The zero-order chi connectivity index (χ0) is 8.77. The van der Waals surface area contributed by atoms with E-state index in [9.17, 15) is 5.11 Å². The summed E-state index contributed by atoms with van der Waals surface area (Å²) >= 11 is 0. The lowest BCUT2D eigenvalue weighted by Gasteiger charge is -2.18. The minimum absolute atomic E-state index is 0.0191. The number of aliphatic hydroxyl groups is 1. The molecule has 1 unspecified atom stereocenters. The Labute approximate surface area is 72.0 Å². The van der Waals surface area contributed by atoms with Gasteiger partial charge in [-0.25, -0.2) is 0 Å². The highest BCUT2D eigenvalue weighted by atomic mass is 16.3. The summed E-state index contributed by atoms with van der Waals surface area (Å²) in [6, 6.07) is 2.00. The van der Waals surface area contributed by atoms with Crippen molar-refractivity contribution in [2.24, 2.45) is 7.05 Å². The Morgan fingerprint density at radius 3 is 2.67 bits per heavy atom. The molecule has 0 bridgehead atoms. The molecule has 1 aliphatic rings. The molecule has 0 amide bonds. The maximum atomic E-state index is 9.60. The first-order valence-electron chi connectivity index (χ1n) is 4.33. The number of aromatic nitrogens is 2. The number of aryl methyl sites for hydroxylation is 1. The summed E-state index contributed by atoms with van der Waals surface area (Å²) in [5.74, 6) is 0. The van der Waals surface area contributed by atoms with Crippen molar-refractivity contribution >= 4 is 0 Å². The van der Waals surface area contributed by atoms with Crippen molar-refractivity contribution in [2.45, 2.75) is 31.3 Å². The van der Waals surface area contributed by atoms with Crippen LogP contribution in [0.3, 0.4) is 0 Å². The highest BCUT2D eigenvalue weighted by Gasteiger charge is 2.50. The van der Waals surface area contributed by atoms with Crippen LogP contribution in [0.4, 0.5) is 0 Å². The molecule has 0 saturated heterocycles. The molecular formula is C9H14N2O. The predicted octanol–water partition coefficient (Wildman–Crippen LogP) is 0.833. The summed E-state index contributed by atoms with van der Waals surface area (Å²) in [6.45, 7) is 1.86. The van der Waals surface area contributed by atoms with E-state index in [1.54, 1.807) is 6.20 Å². The SMILES string of the molecule is CC(O)C1(c2ccnn2C)CC1. The molecule has 1 aromatic heterocycles. The van der Waals surface area contributed by atoms with Gasteiger partial charge in [0.25, 0.3) is 0 Å². The van der Waals surface area contributed by atoms with Gasteiger partial charge in [-0.2, -0.15) is 5.10 Å². The molecule has 2 rings (SSSR count). The number of aliphatic hydroxyl groups excluding tert-OH is 1. The largest absolute Gasteiger partial charge is 0.392 e. The molecule has 1 heterocycles. The maximum absolute atomic E-state index is 9.60. The van der Waals surface area contributed by atoms with Crippen molar-refractivity contribution in [2.75, 3.05) is 0 Å². The Bertz CT molecular complexity index is 286. The van der Waals surface area contributed by atoms with Gasteiger partial charge < -0.3 is 5.11 Å². The summed E-state index contributed by atoms with van der Waals surface area (Å²) in [5.41, 5.74) is 1.18. The molecule has 1 aliphatic carbocycles. The fourth-order valence-electron chi connectivity index (χ4n) is 1.88. The van der Waals surface area contributed by atoms with Crippen molar-refractivity contribution in [1.29, 1.82) is 0 Å². The maximum Gasteiger partial charge on any atom is 0.0623 e. The van der Waals surface area contributed by atoms with Crippen LogP contribution in [0.5, 0.6) is 0 Å². The summed E-state index contributed by atoms with van der Waals surface area (Å²) < 4.78 is 1.86. The third-order valence-corrected chi connectivity index (χ3v) is 2.92. The van der Waals surface area contributed by atoms with Gasteiger partial charge in [-0.15, -0.1) is 0 Å². The minimum Gasteiger partial charge on any atom is -0.392 e. The van der Waals surface area contributed by atoms with Gasteiger partial charge in [-0.05, 0) is 25.8 Å². The van der Waals surface area contributed by atoms with Crippen LogP contribution in [0.15, 0.2) is 12.3 Å². The van der Waals surface area contributed by atoms with E-state index in [4.69, 9.17) is 0 Å². The van der Waals surface area contributed by atoms with Gasteiger partial charge in [0.05, 0.1) is 6.10 Å². The van der Waals surface area contributed by atoms with Crippen LogP contribution in [0.2, 0.25) is 0 Å². The molecule has 0 radical (unpaired) electrons. The van der Waals surface area contributed by atoms with E-state index < -0.39 is 0 Å². The highest BCUT2D eigenvalue weighted by Crippen LogP contribution is 2.50. The van der Waals surface area contributed by atoms with Crippen molar-refractivity contribution in [3.05, 3.63) is 18.0 Å². The zero-order valence-corrected chi connectivity index (χ0v) is 7.49. The third kappa shape index (κ3) is 0.894. The fourth-order valence-corrected chi connectivity index (χ4v) is 1.88. The monoisotopic (exact) mass is 166 g/mol. The lowest BCUT2D eigenvalue weighted by atomic mass is 9.96. The molecule has 66 valence electrons. The first-order valence-corrected chi connectivity index (χ1v) is 4.33. The first-order chi connectivity index (χ1) is 5.67. The summed E-state index contributed by atoms with van der Waals surface area (Å²) in [4.78, 5) is 0. The predicted molar refractivity (Wildman–Crippen MR) is 45.8 cm³/mol. The van der Waals surface area contributed by atoms with E-state index in [2.05, 4.69) is 5.10 Å². The zero-order valence-electron chi connectivity index (χ0n) is 7.49. The molecule has 3 heteroatoms. The van der Waals surface area contributed by atoms with Crippen LogP contribution in [-0.4, -0.2) is 21.0 Å². The van der Waals surface area contributed by atoms with E-state index in [-0.39, 0.29) is 11.5 Å². The summed E-state index contributed by atoms with van der Waals surface area (Å²) in [5, 5.41) is 13.7. The molecule has 1 saturated carbocycles. The molecule has 1 fully saturated rings.